The summed E-state index contributed by atoms with van der Waals surface area (Å²) in [5.41, 5.74) is 0.960. The van der Waals surface area contributed by atoms with Crippen LogP contribution in [-0.4, -0.2) is 55.3 Å². The molecule has 1 aliphatic heterocycles. The Labute approximate surface area is 161 Å². The Hall–Kier alpha value is -2.44. The van der Waals surface area contributed by atoms with Gasteiger partial charge in [-0.25, -0.2) is 4.79 Å². The maximum Gasteiger partial charge on any atom is 0.409 e. The lowest BCUT2D eigenvalue weighted by Gasteiger charge is -2.31. The van der Waals surface area contributed by atoms with E-state index in [0.29, 0.717) is 32.7 Å². The Morgan fingerprint density at radius 1 is 1.19 bits per heavy atom. The summed E-state index contributed by atoms with van der Waals surface area (Å²) in [6.45, 7) is 7.97. The van der Waals surface area contributed by atoms with E-state index in [1.165, 1.54) is 0 Å². The van der Waals surface area contributed by atoms with Crippen LogP contribution in [0.2, 0.25) is 0 Å². The number of benzene rings is 1. The molecule has 1 aliphatic rings. The predicted octanol–water partition coefficient (Wildman–Crippen LogP) is 3.01. The van der Waals surface area contributed by atoms with Gasteiger partial charge in [-0.3, -0.25) is 4.79 Å². The average Bonchev–Trinajstić information content (AvgIpc) is 2.63. The fourth-order valence-corrected chi connectivity index (χ4v) is 2.96. The molecule has 1 saturated heterocycles. The van der Waals surface area contributed by atoms with Crippen LogP contribution < -0.4 is 15.4 Å². The van der Waals surface area contributed by atoms with E-state index in [1.807, 2.05) is 38.1 Å². The number of likely N-dealkylation sites (tertiary alicyclic amines) is 1. The van der Waals surface area contributed by atoms with Crippen LogP contribution in [0.1, 0.15) is 40.0 Å². The highest BCUT2D eigenvalue weighted by molar-refractivity contribution is 5.77. The normalized spacial score (nSPS) is 14.7. The fraction of sp³-hybridized carbons (Fsp3) is 0.600. The van der Waals surface area contributed by atoms with Crippen molar-refractivity contribution in [3.8, 4) is 5.75 Å². The summed E-state index contributed by atoms with van der Waals surface area (Å²) in [5.74, 6) is 0.860. The largest absolute Gasteiger partial charge is 0.491 e. The Morgan fingerprint density at radius 3 is 2.44 bits per heavy atom. The number of nitrogens with zero attached hydrogens (tertiary/aromatic N) is 1. The van der Waals surface area contributed by atoms with E-state index in [0.717, 1.165) is 24.3 Å². The summed E-state index contributed by atoms with van der Waals surface area (Å²) in [4.78, 5) is 25.5. The van der Waals surface area contributed by atoms with Crippen LogP contribution in [0.5, 0.6) is 5.75 Å². The maximum absolute atomic E-state index is 12.1. The Balaban J connectivity index is 1.63. The first-order valence-electron chi connectivity index (χ1n) is 9.69. The lowest BCUT2D eigenvalue weighted by atomic mass is 10.1. The number of rotatable bonds is 8. The molecule has 2 rings (SSSR count). The monoisotopic (exact) mass is 377 g/mol. The van der Waals surface area contributed by atoms with Crippen LogP contribution in [0, 0.1) is 0 Å². The second-order valence-corrected chi connectivity index (χ2v) is 6.90. The molecule has 0 atom stereocenters. The molecule has 150 valence electrons. The molecule has 0 saturated carbocycles. The number of hydrogen-bond acceptors (Lipinski definition) is 5. The van der Waals surface area contributed by atoms with E-state index < -0.39 is 0 Å². The van der Waals surface area contributed by atoms with Gasteiger partial charge in [0.2, 0.25) is 5.91 Å². The lowest BCUT2D eigenvalue weighted by Crippen LogP contribution is -2.46. The minimum atomic E-state index is -0.267. The average molecular weight is 377 g/mol. The van der Waals surface area contributed by atoms with Crippen molar-refractivity contribution in [2.45, 2.75) is 52.2 Å². The molecule has 0 aliphatic carbocycles. The van der Waals surface area contributed by atoms with E-state index in [4.69, 9.17) is 9.47 Å². The van der Waals surface area contributed by atoms with Crippen molar-refractivity contribution < 1.29 is 19.1 Å². The van der Waals surface area contributed by atoms with Gasteiger partial charge in [0.25, 0.3) is 0 Å². The van der Waals surface area contributed by atoms with E-state index >= 15 is 0 Å². The van der Waals surface area contributed by atoms with Gasteiger partial charge in [-0.15, -0.1) is 0 Å². The summed E-state index contributed by atoms with van der Waals surface area (Å²) in [6.07, 6.45) is 1.81. The molecule has 0 radical (unpaired) electrons. The number of ether oxygens (including phenoxy) is 2. The fourth-order valence-electron chi connectivity index (χ4n) is 2.96. The third-order valence-corrected chi connectivity index (χ3v) is 4.29. The topological polar surface area (TPSA) is 79.9 Å². The quantitative estimate of drug-likeness (QED) is 0.728. The van der Waals surface area contributed by atoms with E-state index in [1.54, 1.807) is 11.8 Å². The number of hydrogen-bond donors (Lipinski definition) is 2. The lowest BCUT2D eigenvalue weighted by molar-refractivity contribution is -0.121. The molecule has 1 heterocycles. The summed E-state index contributed by atoms with van der Waals surface area (Å²) >= 11 is 0. The van der Waals surface area contributed by atoms with Crippen LogP contribution in [0.15, 0.2) is 24.3 Å². The highest BCUT2D eigenvalue weighted by Crippen LogP contribution is 2.17. The first-order valence-corrected chi connectivity index (χ1v) is 9.69. The number of carbonyl (C=O) groups is 2. The second-order valence-electron chi connectivity index (χ2n) is 6.90. The number of amides is 2. The summed E-state index contributed by atoms with van der Waals surface area (Å²) in [6, 6.07) is 7.84. The minimum Gasteiger partial charge on any atom is -0.491 e. The molecule has 1 aromatic carbocycles. The van der Waals surface area contributed by atoms with Gasteiger partial charge in [-0.05, 0) is 57.9 Å². The van der Waals surface area contributed by atoms with Gasteiger partial charge in [0.1, 0.15) is 5.75 Å². The highest BCUT2D eigenvalue weighted by Gasteiger charge is 2.24. The third-order valence-electron chi connectivity index (χ3n) is 4.29. The van der Waals surface area contributed by atoms with E-state index in [-0.39, 0.29) is 24.1 Å². The molecule has 1 aromatic rings. The second kappa shape index (κ2) is 10.6. The van der Waals surface area contributed by atoms with Gasteiger partial charge < -0.3 is 25.0 Å². The van der Waals surface area contributed by atoms with E-state index in [9.17, 15) is 9.59 Å². The molecule has 0 bridgehead atoms. The van der Waals surface area contributed by atoms with E-state index in [2.05, 4.69) is 10.6 Å². The molecule has 27 heavy (non-hydrogen) atoms. The molecule has 0 aromatic heterocycles. The molecule has 7 heteroatoms. The molecule has 0 unspecified atom stereocenters. The van der Waals surface area contributed by atoms with Crippen molar-refractivity contribution in [1.82, 2.24) is 10.2 Å². The zero-order valence-corrected chi connectivity index (χ0v) is 16.5. The molecule has 7 nitrogen and oxygen atoms in total. The van der Waals surface area contributed by atoms with Gasteiger partial charge in [-0.2, -0.15) is 0 Å². The van der Waals surface area contributed by atoms with Gasteiger partial charge in [0, 0.05) is 37.8 Å². The first kappa shape index (κ1) is 20.9. The van der Waals surface area contributed by atoms with Crippen molar-refractivity contribution in [2.75, 3.05) is 31.6 Å². The maximum atomic E-state index is 12.1. The standard InChI is InChI=1S/C20H31N3O4/c1-4-26-20(25)23-13-10-17(11-14-23)22-19(24)9-12-21-16-5-7-18(8-6-16)27-15(2)3/h5-8,15,17,21H,4,9-14H2,1-3H3,(H,22,24). The zero-order valence-electron chi connectivity index (χ0n) is 16.5. The zero-order chi connectivity index (χ0) is 19.6. The van der Waals surface area contributed by atoms with Crippen LogP contribution in [0.3, 0.4) is 0 Å². The predicted molar refractivity (Wildman–Crippen MR) is 105 cm³/mol. The SMILES string of the molecule is CCOC(=O)N1CCC(NC(=O)CCNc2ccc(OC(C)C)cc2)CC1. The van der Waals surface area contributed by atoms with Crippen LogP contribution in [-0.2, 0) is 9.53 Å². The smallest absolute Gasteiger partial charge is 0.409 e. The Morgan fingerprint density at radius 2 is 1.85 bits per heavy atom. The van der Waals surface area contributed by atoms with Crippen LogP contribution in [0.4, 0.5) is 10.5 Å². The van der Waals surface area contributed by atoms with Crippen LogP contribution >= 0.6 is 0 Å². The molecular weight excluding hydrogens is 346 g/mol. The Bertz CT molecular complexity index is 596. The number of anilines is 1. The van der Waals surface area contributed by atoms with Gasteiger partial charge in [0.15, 0.2) is 0 Å². The first-order chi connectivity index (χ1) is 13.0. The number of piperidine rings is 1. The summed E-state index contributed by atoms with van der Waals surface area (Å²) < 4.78 is 10.6. The van der Waals surface area contributed by atoms with Crippen molar-refractivity contribution in [2.24, 2.45) is 0 Å². The summed E-state index contributed by atoms with van der Waals surface area (Å²) in [5, 5.41) is 6.29. The third kappa shape index (κ3) is 7.37. The van der Waals surface area contributed by atoms with Crippen molar-refractivity contribution in [1.29, 1.82) is 0 Å². The molecule has 1 fully saturated rings. The summed E-state index contributed by atoms with van der Waals surface area (Å²) in [7, 11) is 0. The van der Waals surface area contributed by atoms with Crippen molar-refractivity contribution >= 4 is 17.7 Å². The van der Waals surface area contributed by atoms with Gasteiger partial charge in [0.05, 0.1) is 12.7 Å². The molecule has 2 amide bonds. The van der Waals surface area contributed by atoms with Gasteiger partial charge in [-0.1, -0.05) is 0 Å². The highest BCUT2D eigenvalue weighted by atomic mass is 16.6. The van der Waals surface area contributed by atoms with Crippen molar-refractivity contribution in [3.63, 3.8) is 0 Å². The molecular formula is C20H31N3O4. The minimum absolute atomic E-state index is 0.0249. The number of carbonyl (C=O) groups excluding carboxylic acids is 2. The Kier molecular flexibility index (Phi) is 8.23. The van der Waals surface area contributed by atoms with Gasteiger partial charge >= 0.3 is 6.09 Å². The number of nitrogens with one attached hydrogen (secondary N) is 2. The van der Waals surface area contributed by atoms with Crippen LogP contribution in [0.25, 0.3) is 0 Å². The molecule has 2 N–H and O–H groups in total. The molecule has 0 spiro atoms. The van der Waals surface area contributed by atoms with Crippen molar-refractivity contribution in [3.05, 3.63) is 24.3 Å².